The number of hydrogen-bond acceptors (Lipinski definition) is 8. The summed E-state index contributed by atoms with van der Waals surface area (Å²) in [5.41, 5.74) is 11.6. The van der Waals surface area contributed by atoms with Gasteiger partial charge in [0.2, 0.25) is 11.8 Å². The van der Waals surface area contributed by atoms with Crippen molar-refractivity contribution in [2.75, 3.05) is 13.1 Å². The molecule has 0 saturated heterocycles. The quantitative estimate of drug-likeness (QED) is 0.102. The van der Waals surface area contributed by atoms with Crippen LogP contribution in [0.2, 0.25) is 0 Å². The van der Waals surface area contributed by atoms with Crippen molar-refractivity contribution in [3.8, 4) is 0 Å². The van der Waals surface area contributed by atoms with Gasteiger partial charge in [0.15, 0.2) is 0 Å². The third-order valence-electron chi connectivity index (χ3n) is 9.08. The van der Waals surface area contributed by atoms with E-state index in [2.05, 4.69) is 26.4 Å². The highest BCUT2D eigenvalue weighted by atomic mass is 16.3. The van der Waals surface area contributed by atoms with Crippen molar-refractivity contribution < 1.29 is 24.3 Å². The second-order valence-corrected chi connectivity index (χ2v) is 13.1. The molecule has 0 spiro atoms. The molecule has 7 N–H and O–H groups in total. The average Bonchev–Trinajstić information content (AvgIpc) is 3.14. The number of amides is 5. The number of rotatable bonds is 15. The third kappa shape index (κ3) is 11.7. The maximum Gasteiger partial charge on any atom is 0.329 e. The van der Waals surface area contributed by atoms with Gasteiger partial charge >= 0.3 is 6.03 Å². The van der Waals surface area contributed by atoms with E-state index in [1.807, 2.05) is 72.8 Å². The molecule has 268 valence electrons. The number of benzene rings is 3. The Labute approximate surface area is 298 Å². The van der Waals surface area contributed by atoms with Crippen molar-refractivity contribution >= 4 is 34.7 Å². The van der Waals surface area contributed by atoms with Crippen LogP contribution in [0, 0.1) is 5.92 Å². The molecule has 5 amide bonds. The zero-order valence-electron chi connectivity index (χ0n) is 28.7. The smallest absolute Gasteiger partial charge is 0.329 e. The van der Waals surface area contributed by atoms with Crippen molar-refractivity contribution in [1.82, 2.24) is 31.4 Å². The molecule has 4 aromatic rings. The Morgan fingerprint density at radius 3 is 2.24 bits per heavy atom. The van der Waals surface area contributed by atoms with Gasteiger partial charge in [-0.3, -0.25) is 25.1 Å². The summed E-state index contributed by atoms with van der Waals surface area (Å²) in [5, 5.41) is 22.2. The Kier molecular flexibility index (Phi) is 13.6. The number of fused-ring (bicyclic) bond motifs is 1. The minimum Gasteiger partial charge on any atom is -0.390 e. The molecule has 3 aromatic carbocycles. The summed E-state index contributed by atoms with van der Waals surface area (Å²) < 4.78 is 0. The first-order valence-electron chi connectivity index (χ1n) is 17.5. The Morgan fingerprint density at radius 2 is 1.51 bits per heavy atom. The number of hydrogen-bond donors (Lipinski definition) is 6. The molecule has 5 rings (SSSR count). The molecule has 1 aliphatic rings. The van der Waals surface area contributed by atoms with Crippen LogP contribution in [-0.4, -0.2) is 70.1 Å². The van der Waals surface area contributed by atoms with Crippen molar-refractivity contribution in [3.63, 3.8) is 0 Å². The summed E-state index contributed by atoms with van der Waals surface area (Å²) in [6.45, 7) is 0.923. The van der Waals surface area contributed by atoms with E-state index in [0.29, 0.717) is 24.5 Å². The van der Waals surface area contributed by atoms with Gasteiger partial charge in [0, 0.05) is 25.0 Å². The van der Waals surface area contributed by atoms with Crippen LogP contribution in [0.5, 0.6) is 0 Å². The number of hydrazine groups is 1. The normalized spacial score (nSPS) is 15.0. The SMILES string of the molecule is N[C@@H](CC(=O)NC(=O)c1ccc2ccccc2n1)C(=O)NC(Cc1ccccc1)C(O)CN(CC1CCCCC1)NC(=O)NCc1ccccc1. The zero-order chi connectivity index (χ0) is 36.0. The number of imide groups is 1. The lowest BCUT2D eigenvalue weighted by Crippen LogP contribution is -2.57. The predicted molar refractivity (Wildman–Crippen MR) is 195 cm³/mol. The van der Waals surface area contributed by atoms with Crippen LogP contribution in [0.1, 0.15) is 60.1 Å². The highest BCUT2D eigenvalue weighted by molar-refractivity contribution is 6.05. The summed E-state index contributed by atoms with van der Waals surface area (Å²) in [5.74, 6) is -1.74. The second-order valence-electron chi connectivity index (χ2n) is 13.1. The van der Waals surface area contributed by atoms with Crippen LogP contribution >= 0.6 is 0 Å². The number of aliphatic hydroxyl groups excluding tert-OH is 1. The Morgan fingerprint density at radius 1 is 0.843 bits per heavy atom. The number of pyridine rings is 1. The van der Waals surface area contributed by atoms with E-state index in [4.69, 9.17) is 5.73 Å². The van der Waals surface area contributed by atoms with Crippen LogP contribution in [0.4, 0.5) is 4.79 Å². The second kappa shape index (κ2) is 18.7. The number of aromatic nitrogens is 1. The van der Waals surface area contributed by atoms with Crippen molar-refractivity contribution in [3.05, 3.63) is 114 Å². The molecule has 51 heavy (non-hydrogen) atoms. The number of urea groups is 1. The lowest BCUT2D eigenvalue weighted by Gasteiger charge is -2.34. The number of nitrogens with one attached hydrogen (secondary N) is 4. The minimum absolute atomic E-state index is 0.0377. The first kappa shape index (κ1) is 37.1. The van der Waals surface area contributed by atoms with E-state index in [1.165, 1.54) is 12.5 Å². The van der Waals surface area contributed by atoms with Gasteiger partial charge in [-0.1, -0.05) is 104 Å². The van der Waals surface area contributed by atoms with Gasteiger partial charge in [0.05, 0.1) is 30.1 Å². The van der Waals surface area contributed by atoms with Gasteiger partial charge in [-0.15, -0.1) is 0 Å². The van der Waals surface area contributed by atoms with Crippen molar-refractivity contribution in [1.29, 1.82) is 0 Å². The number of para-hydroxylation sites is 1. The Bertz CT molecular complexity index is 1750. The molecule has 1 aliphatic carbocycles. The molecule has 3 atom stereocenters. The fourth-order valence-electron chi connectivity index (χ4n) is 6.33. The van der Waals surface area contributed by atoms with E-state index in [1.54, 1.807) is 23.2 Å². The molecular formula is C39H47N7O5. The lowest BCUT2D eigenvalue weighted by atomic mass is 9.89. The number of carbonyl (C=O) groups is 4. The first-order valence-corrected chi connectivity index (χ1v) is 17.5. The lowest BCUT2D eigenvalue weighted by molar-refractivity contribution is -0.128. The van der Waals surface area contributed by atoms with Crippen molar-refractivity contribution in [2.45, 2.75) is 69.7 Å². The number of nitrogens with zero attached hydrogens (tertiary/aromatic N) is 2. The summed E-state index contributed by atoms with van der Waals surface area (Å²) in [6.07, 6.45) is 4.16. The summed E-state index contributed by atoms with van der Waals surface area (Å²) >= 11 is 0. The van der Waals surface area contributed by atoms with E-state index in [-0.39, 0.29) is 18.7 Å². The van der Waals surface area contributed by atoms with E-state index in [0.717, 1.165) is 42.2 Å². The van der Waals surface area contributed by atoms with Gasteiger partial charge in [0.1, 0.15) is 5.69 Å². The maximum absolute atomic E-state index is 13.4. The van der Waals surface area contributed by atoms with Gasteiger partial charge in [-0.2, -0.15) is 0 Å². The number of carbonyl (C=O) groups excluding carboxylic acids is 4. The van der Waals surface area contributed by atoms with Crippen molar-refractivity contribution in [2.24, 2.45) is 11.7 Å². The van der Waals surface area contributed by atoms with Crippen LogP contribution in [0.25, 0.3) is 10.9 Å². The molecular weight excluding hydrogens is 646 g/mol. The molecule has 12 heteroatoms. The fraction of sp³-hybridized carbons (Fsp3) is 0.359. The molecule has 0 aliphatic heterocycles. The Hall–Kier alpha value is -5.17. The number of nitrogens with two attached hydrogens (primary N) is 1. The molecule has 0 radical (unpaired) electrons. The molecule has 1 saturated carbocycles. The average molecular weight is 694 g/mol. The maximum atomic E-state index is 13.4. The third-order valence-corrected chi connectivity index (χ3v) is 9.08. The van der Waals surface area contributed by atoms with Crippen LogP contribution in [0.15, 0.2) is 97.1 Å². The largest absolute Gasteiger partial charge is 0.390 e. The highest BCUT2D eigenvalue weighted by Crippen LogP contribution is 2.24. The topological polar surface area (TPSA) is 179 Å². The predicted octanol–water partition coefficient (Wildman–Crippen LogP) is 3.59. The van der Waals surface area contributed by atoms with Gasteiger partial charge < -0.3 is 21.5 Å². The summed E-state index contributed by atoms with van der Waals surface area (Å²) in [7, 11) is 0. The molecule has 0 bridgehead atoms. The zero-order valence-corrected chi connectivity index (χ0v) is 28.7. The molecule has 1 fully saturated rings. The number of aliphatic hydroxyl groups is 1. The molecule has 1 heterocycles. The molecule has 12 nitrogen and oxygen atoms in total. The summed E-state index contributed by atoms with van der Waals surface area (Å²) in [6, 6.07) is 27.0. The van der Waals surface area contributed by atoms with Crippen LogP contribution in [-0.2, 0) is 22.6 Å². The first-order chi connectivity index (χ1) is 24.7. The Balaban J connectivity index is 1.21. The van der Waals surface area contributed by atoms with Gasteiger partial charge in [0.25, 0.3) is 5.91 Å². The summed E-state index contributed by atoms with van der Waals surface area (Å²) in [4.78, 5) is 56.2. The molecule has 2 unspecified atom stereocenters. The van der Waals surface area contributed by atoms with E-state index in [9.17, 15) is 24.3 Å². The van der Waals surface area contributed by atoms with Crippen LogP contribution < -0.4 is 27.1 Å². The minimum atomic E-state index is -1.30. The van der Waals surface area contributed by atoms with Gasteiger partial charge in [-0.05, 0) is 48.4 Å². The fourth-order valence-corrected chi connectivity index (χ4v) is 6.33. The molecule has 1 aromatic heterocycles. The van der Waals surface area contributed by atoms with E-state index >= 15 is 0 Å². The highest BCUT2D eigenvalue weighted by Gasteiger charge is 2.29. The van der Waals surface area contributed by atoms with Crippen LogP contribution in [0.3, 0.4) is 0 Å². The standard InChI is InChI=1S/C39H47N7O5/c40-31(23-36(48)44-38(50)33-21-20-30-18-10-11-19-32(30)42-33)37(49)43-34(22-27-12-4-1-5-13-27)35(47)26-46(25-29-16-8-3-9-17-29)45-39(51)41-24-28-14-6-2-7-15-28/h1-2,4-7,10-15,18-21,29,31,34-35,47H,3,8-9,16-17,22-26,40H2,(H,43,49)(H2,41,45,51)(H,44,48,50)/t31-,34?,35?/m0/s1. The monoisotopic (exact) mass is 693 g/mol. The van der Waals surface area contributed by atoms with E-state index < -0.39 is 48.4 Å². The van der Waals surface area contributed by atoms with Gasteiger partial charge in [-0.25, -0.2) is 14.8 Å².